The lowest BCUT2D eigenvalue weighted by atomic mass is 10.0. The maximum atomic E-state index is 9.45. The van der Waals surface area contributed by atoms with Crippen LogP contribution in [0.5, 0.6) is 0 Å². The molecule has 0 saturated carbocycles. The molecule has 0 fully saturated rings. The van der Waals surface area contributed by atoms with E-state index in [1.165, 1.54) is 5.39 Å². The zero-order valence-electron chi connectivity index (χ0n) is 31.4. The van der Waals surface area contributed by atoms with Gasteiger partial charge in [0, 0.05) is 50.2 Å². The molecule has 5 nitrogen and oxygen atoms in total. The van der Waals surface area contributed by atoms with Gasteiger partial charge in [-0.15, -0.1) is 0 Å². The predicted octanol–water partition coefficient (Wildman–Crippen LogP) is 13.6. The lowest BCUT2D eigenvalue weighted by Crippen LogP contribution is -2.09. The molecule has 10 rings (SSSR count). The molecular weight excluding hydrogens is 707 g/mol. The van der Waals surface area contributed by atoms with E-state index in [1.54, 1.807) is 0 Å². The summed E-state index contributed by atoms with van der Waals surface area (Å²) in [6.07, 6.45) is 0. The van der Waals surface area contributed by atoms with Crippen LogP contribution in [0.1, 0.15) is 5.56 Å². The standard InChI is InChI=1S/C53H35N5/c54-36-37-20-28-44(29-21-37)57(43-16-8-3-9-17-43)46-32-33-52-48(34-46)47-18-10-11-19-51(47)58(52)45-30-26-39(27-31-45)38-22-24-41(25-23-38)50-35-49(40-12-4-1-5-13-40)55-53(56-50)42-14-6-2-7-15-42/h1-35H. The summed E-state index contributed by atoms with van der Waals surface area (Å²) in [5.74, 6) is 0.706. The molecule has 0 saturated heterocycles. The number of hydrogen-bond acceptors (Lipinski definition) is 4. The van der Waals surface area contributed by atoms with Crippen LogP contribution in [-0.2, 0) is 0 Å². The van der Waals surface area contributed by atoms with Gasteiger partial charge in [-0.25, -0.2) is 9.97 Å². The van der Waals surface area contributed by atoms with E-state index in [0.29, 0.717) is 11.4 Å². The molecule has 0 aliphatic heterocycles. The van der Waals surface area contributed by atoms with E-state index >= 15 is 0 Å². The van der Waals surface area contributed by atoms with Crippen molar-refractivity contribution < 1.29 is 0 Å². The number of benzene rings is 8. The van der Waals surface area contributed by atoms with E-state index < -0.39 is 0 Å². The first kappa shape index (κ1) is 34.4. The summed E-state index contributed by atoms with van der Waals surface area (Å²) in [6, 6.07) is 75.6. The molecule has 10 aromatic rings. The predicted molar refractivity (Wildman–Crippen MR) is 238 cm³/mol. The third kappa shape index (κ3) is 6.45. The van der Waals surface area contributed by atoms with Gasteiger partial charge in [-0.1, -0.05) is 133 Å². The van der Waals surface area contributed by atoms with Crippen molar-refractivity contribution in [3.05, 3.63) is 218 Å². The molecular formula is C53H35N5. The van der Waals surface area contributed by atoms with Gasteiger partial charge in [-0.3, -0.25) is 0 Å². The monoisotopic (exact) mass is 741 g/mol. The van der Waals surface area contributed by atoms with Gasteiger partial charge in [0.15, 0.2) is 5.82 Å². The lowest BCUT2D eigenvalue weighted by molar-refractivity contribution is 1.18. The van der Waals surface area contributed by atoms with Crippen LogP contribution in [-0.4, -0.2) is 14.5 Å². The lowest BCUT2D eigenvalue weighted by Gasteiger charge is -2.25. The van der Waals surface area contributed by atoms with Crippen molar-refractivity contribution in [2.45, 2.75) is 0 Å². The second-order valence-corrected chi connectivity index (χ2v) is 14.2. The fourth-order valence-corrected chi connectivity index (χ4v) is 7.79. The maximum absolute atomic E-state index is 9.45. The van der Waals surface area contributed by atoms with Crippen molar-refractivity contribution in [1.82, 2.24) is 14.5 Å². The van der Waals surface area contributed by atoms with E-state index in [2.05, 4.69) is 161 Å². The van der Waals surface area contributed by atoms with Gasteiger partial charge in [0.25, 0.3) is 0 Å². The van der Waals surface area contributed by atoms with E-state index in [0.717, 1.165) is 78.4 Å². The van der Waals surface area contributed by atoms with Gasteiger partial charge >= 0.3 is 0 Å². The minimum atomic E-state index is 0.635. The fourth-order valence-electron chi connectivity index (χ4n) is 7.79. The van der Waals surface area contributed by atoms with Crippen molar-refractivity contribution in [1.29, 1.82) is 5.26 Å². The van der Waals surface area contributed by atoms with Crippen molar-refractivity contribution in [3.8, 4) is 56.8 Å². The number of anilines is 3. The Kier molecular flexibility index (Phi) is 8.83. The first-order valence-electron chi connectivity index (χ1n) is 19.3. The Balaban J connectivity index is 0.992. The largest absolute Gasteiger partial charge is 0.310 e. The molecule has 2 aromatic heterocycles. The molecule has 0 bridgehead atoms. The topological polar surface area (TPSA) is 57.7 Å². The molecule has 0 aliphatic carbocycles. The number of rotatable bonds is 8. The highest BCUT2D eigenvalue weighted by molar-refractivity contribution is 6.10. The third-order valence-corrected chi connectivity index (χ3v) is 10.7. The molecule has 0 radical (unpaired) electrons. The van der Waals surface area contributed by atoms with Crippen LogP contribution >= 0.6 is 0 Å². The van der Waals surface area contributed by atoms with Crippen LogP contribution in [0.25, 0.3) is 72.5 Å². The van der Waals surface area contributed by atoms with Crippen molar-refractivity contribution in [2.75, 3.05) is 4.90 Å². The van der Waals surface area contributed by atoms with Gasteiger partial charge in [-0.2, -0.15) is 5.26 Å². The van der Waals surface area contributed by atoms with E-state index in [-0.39, 0.29) is 0 Å². The van der Waals surface area contributed by atoms with Crippen molar-refractivity contribution >= 4 is 38.9 Å². The summed E-state index contributed by atoms with van der Waals surface area (Å²) in [7, 11) is 0. The molecule has 5 heteroatoms. The minimum absolute atomic E-state index is 0.635. The first-order valence-corrected chi connectivity index (χ1v) is 19.3. The molecule has 0 amide bonds. The van der Waals surface area contributed by atoms with Gasteiger partial charge in [0.2, 0.25) is 0 Å². The van der Waals surface area contributed by atoms with E-state index in [4.69, 9.17) is 9.97 Å². The summed E-state index contributed by atoms with van der Waals surface area (Å²) in [5, 5.41) is 11.8. The number of fused-ring (bicyclic) bond motifs is 3. The van der Waals surface area contributed by atoms with Gasteiger partial charge < -0.3 is 9.47 Å². The summed E-state index contributed by atoms with van der Waals surface area (Å²) < 4.78 is 2.35. The van der Waals surface area contributed by atoms with Crippen LogP contribution in [0.3, 0.4) is 0 Å². The average molecular weight is 742 g/mol. The Morgan fingerprint density at radius 3 is 1.55 bits per heavy atom. The molecule has 0 unspecified atom stereocenters. The molecule has 0 atom stereocenters. The second-order valence-electron chi connectivity index (χ2n) is 14.2. The van der Waals surface area contributed by atoms with Gasteiger partial charge in [0.1, 0.15) is 0 Å². The van der Waals surface area contributed by atoms with Gasteiger partial charge in [-0.05, 0) is 90.0 Å². The van der Waals surface area contributed by atoms with Crippen LogP contribution in [0.15, 0.2) is 212 Å². The number of hydrogen-bond donors (Lipinski definition) is 0. The Morgan fingerprint density at radius 1 is 0.397 bits per heavy atom. The Labute approximate surface area is 337 Å². The molecule has 8 aromatic carbocycles. The summed E-state index contributed by atoms with van der Waals surface area (Å²) in [5.41, 5.74) is 14.2. The Morgan fingerprint density at radius 2 is 0.897 bits per heavy atom. The van der Waals surface area contributed by atoms with Gasteiger partial charge in [0.05, 0.1) is 34.1 Å². The number of nitrogens with zero attached hydrogens (tertiary/aromatic N) is 5. The molecule has 0 aliphatic rings. The first-order chi connectivity index (χ1) is 28.7. The molecule has 58 heavy (non-hydrogen) atoms. The van der Waals surface area contributed by atoms with Crippen LogP contribution < -0.4 is 4.90 Å². The quantitative estimate of drug-likeness (QED) is 0.156. The molecule has 272 valence electrons. The zero-order valence-corrected chi connectivity index (χ0v) is 31.4. The number of para-hydroxylation sites is 2. The second kappa shape index (κ2) is 14.9. The highest BCUT2D eigenvalue weighted by Gasteiger charge is 2.18. The normalized spacial score (nSPS) is 11.1. The molecule has 0 spiro atoms. The third-order valence-electron chi connectivity index (χ3n) is 10.7. The minimum Gasteiger partial charge on any atom is -0.310 e. The van der Waals surface area contributed by atoms with Crippen LogP contribution in [0, 0.1) is 11.3 Å². The van der Waals surface area contributed by atoms with Crippen LogP contribution in [0.2, 0.25) is 0 Å². The molecule has 2 heterocycles. The average Bonchev–Trinajstić information content (AvgIpc) is 3.64. The zero-order chi connectivity index (χ0) is 38.8. The Bertz CT molecular complexity index is 3020. The number of aromatic nitrogens is 3. The van der Waals surface area contributed by atoms with Crippen molar-refractivity contribution in [2.24, 2.45) is 0 Å². The summed E-state index contributed by atoms with van der Waals surface area (Å²) >= 11 is 0. The smallest absolute Gasteiger partial charge is 0.160 e. The van der Waals surface area contributed by atoms with Crippen LogP contribution in [0.4, 0.5) is 17.1 Å². The molecule has 0 N–H and O–H groups in total. The van der Waals surface area contributed by atoms with Crippen molar-refractivity contribution in [3.63, 3.8) is 0 Å². The highest BCUT2D eigenvalue weighted by atomic mass is 15.1. The summed E-state index contributed by atoms with van der Waals surface area (Å²) in [4.78, 5) is 12.2. The van der Waals surface area contributed by atoms with E-state index in [9.17, 15) is 5.26 Å². The van der Waals surface area contributed by atoms with E-state index in [1.807, 2.05) is 66.7 Å². The SMILES string of the molecule is N#Cc1ccc(N(c2ccccc2)c2ccc3c(c2)c2ccccc2n3-c2ccc(-c3ccc(-c4cc(-c5ccccc5)nc(-c5ccccc5)n4)cc3)cc2)cc1. The highest BCUT2D eigenvalue weighted by Crippen LogP contribution is 2.40. The maximum Gasteiger partial charge on any atom is 0.160 e. The Hall–Kier alpha value is -8.07. The fraction of sp³-hybridized carbons (Fsp3) is 0. The summed E-state index contributed by atoms with van der Waals surface area (Å²) in [6.45, 7) is 0. The number of nitriles is 1.